The number of aryl methyl sites for hydroxylation is 1. The third-order valence-electron chi connectivity index (χ3n) is 5.73. The predicted molar refractivity (Wildman–Crippen MR) is 138 cm³/mol. The summed E-state index contributed by atoms with van der Waals surface area (Å²) in [4.78, 5) is 33.9. The molecule has 2 amide bonds. The second kappa shape index (κ2) is 9.85. The molecule has 5 rings (SSSR count). The molecule has 0 atom stereocenters. The van der Waals surface area contributed by atoms with Crippen molar-refractivity contribution in [3.63, 3.8) is 0 Å². The number of nitrogens with one attached hydrogen (secondary N) is 2. The Balaban J connectivity index is 0.00000274. The van der Waals surface area contributed by atoms with Crippen LogP contribution in [0, 0.1) is 0 Å². The van der Waals surface area contributed by atoms with Crippen LogP contribution >= 0.6 is 12.4 Å². The highest BCUT2D eigenvalue weighted by molar-refractivity contribution is 6.23. The lowest BCUT2D eigenvalue weighted by Gasteiger charge is -2.14. The number of hydrogen-bond acceptors (Lipinski definition) is 4. The van der Waals surface area contributed by atoms with Gasteiger partial charge < -0.3 is 10.6 Å². The van der Waals surface area contributed by atoms with Crippen molar-refractivity contribution in [3.05, 3.63) is 101 Å². The van der Waals surface area contributed by atoms with Crippen molar-refractivity contribution in [2.24, 2.45) is 4.99 Å². The number of nitrogens with zero attached hydrogens (tertiary/aromatic N) is 2. The van der Waals surface area contributed by atoms with Gasteiger partial charge in [-0.05, 0) is 35.6 Å². The zero-order chi connectivity index (χ0) is 22.8. The fourth-order valence-corrected chi connectivity index (χ4v) is 4.10. The van der Waals surface area contributed by atoms with Crippen LogP contribution in [0.5, 0.6) is 0 Å². The molecule has 170 valence electrons. The molecule has 0 bridgehead atoms. The van der Waals surface area contributed by atoms with Crippen LogP contribution in [-0.4, -0.2) is 29.1 Å². The minimum absolute atomic E-state index is 0. The van der Waals surface area contributed by atoms with E-state index in [1.807, 2.05) is 79.7 Å². The first-order chi connectivity index (χ1) is 16.1. The molecule has 3 aromatic carbocycles. The molecular weight excluding hydrogens is 448 g/mol. The van der Waals surface area contributed by atoms with E-state index in [0.717, 1.165) is 45.3 Å². The molecule has 1 aromatic heterocycles. The van der Waals surface area contributed by atoms with E-state index in [0.29, 0.717) is 11.4 Å². The standard InChI is InChI=1S/C27H22N4O2.ClH/c1-2-17-7-5-15-28-25(17)27(33)30-20-12-9-19(10-13-20)24-22-14-11-18-6-3-4-8-21(18)26(22)31-23(32)16-29-24;/h3-15H,2,16H2,1H3,(H,30,33)(H,31,32);1H. The molecule has 0 saturated heterocycles. The van der Waals surface area contributed by atoms with E-state index < -0.39 is 0 Å². The molecule has 7 heteroatoms. The largest absolute Gasteiger partial charge is 0.323 e. The number of aliphatic imine (C=N–C) groups is 1. The van der Waals surface area contributed by atoms with E-state index in [1.165, 1.54) is 0 Å². The summed E-state index contributed by atoms with van der Waals surface area (Å²) in [7, 11) is 0. The van der Waals surface area contributed by atoms with Gasteiger partial charge in [-0.3, -0.25) is 19.6 Å². The monoisotopic (exact) mass is 470 g/mol. The van der Waals surface area contributed by atoms with Crippen molar-refractivity contribution in [1.29, 1.82) is 0 Å². The first kappa shape index (κ1) is 23.1. The molecule has 0 saturated carbocycles. The Morgan fingerprint density at radius 2 is 1.79 bits per heavy atom. The van der Waals surface area contributed by atoms with Gasteiger partial charge in [0.25, 0.3) is 5.91 Å². The number of carbonyl (C=O) groups excluding carboxylic acids is 2. The van der Waals surface area contributed by atoms with E-state index >= 15 is 0 Å². The third kappa shape index (κ3) is 4.40. The van der Waals surface area contributed by atoms with Gasteiger partial charge in [0, 0.05) is 28.4 Å². The summed E-state index contributed by atoms with van der Waals surface area (Å²) in [6.07, 6.45) is 2.36. The molecule has 1 aliphatic heterocycles. The number of anilines is 2. The third-order valence-corrected chi connectivity index (χ3v) is 5.73. The van der Waals surface area contributed by atoms with Crippen LogP contribution in [0.2, 0.25) is 0 Å². The molecular formula is C27H23ClN4O2. The summed E-state index contributed by atoms with van der Waals surface area (Å²) >= 11 is 0. The number of carbonyl (C=O) groups is 2. The Kier molecular flexibility index (Phi) is 6.70. The predicted octanol–water partition coefficient (Wildman–Crippen LogP) is 5.26. The van der Waals surface area contributed by atoms with Gasteiger partial charge in [0.15, 0.2) is 0 Å². The van der Waals surface area contributed by atoms with Crippen LogP contribution in [0.1, 0.15) is 34.1 Å². The van der Waals surface area contributed by atoms with E-state index in [1.54, 1.807) is 6.20 Å². The first-order valence-corrected chi connectivity index (χ1v) is 10.9. The number of fused-ring (bicyclic) bond motifs is 3. The van der Waals surface area contributed by atoms with Crippen molar-refractivity contribution in [2.45, 2.75) is 13.3 Å². The second-order valence-electron chi connectivity index (χ2n) is 7.82. The van der Waals surface area contributed by atoms with Crippen molar-refractivity contribution < 1.29 is 9.59 Å². The number of amides is 2. The van der Waals surface area contributed by atoms with E-state index in [-0.39, 0.29) is 30.8 Å². The molecule has 34 heavy (non-hydrogen) atoms. The maximum Gasteiger partial charge on any atom is 0.274 e. The number of rotatable bonds is 4. The van der Waals surface area contributed by atoms with Crippen molar-refractivity contribution >= 4 is 52.1 Å². The van der Waals surface area contributed by atoms with Crippen LogP contribution in [-0.2, 0) is 11.2 Å². The van der Waals surface area contributed by atoms with Gasteiger partial charge in [0.1, 0.15) is 12.2 Å². The topological polar surface area (TPSA) is 83.5 Å². The molecule has 4 aromatic rings. The summed E-state index contributed by atoms with van der Waals surface area (Å²) in [6, 6.07) is 23.2. The van der Waals surface area contributed by atoms with Gasteiger partial charge >= 0.3 is 0 Å². The average molecular weight is 471 g/mol. The van der Waals surface area contributed by atoms with Gasteiger partial charge in [-0.1, -0.05) is 61.5 Å². The van der Waals surface area contributed by atoms with Gasteiger partial charge in [-0.2, -0.15) is 0 Å². The highest BCUT2D eigenvalue weighted by Crippen LogP contribution is 2.31. The van der Waals surface area contributed by atoms with E-state index in [4.69, 9.17) is 0 Å². The molecule has 0 radical (unpaired) electrons. The molecule has 6 nitrogen and oxygen atoms in total. The van der Waals surface area contributed by atoms with Crippen LogP contribution in [0.25, 0.3) is 10.8 Å². The number of halogens is 1. The summed E-state index contributed by atoms with van der Waals surface area (Å²) in [5.74, 6) is -0.382. The lowest BCUT2D eigenvalue weighted by molar-refractivity contribution is -0.114. The van der Waals surface area contributed by atoms with E-state index in [2.05, 4.69) is 20.6 Å². The summed E-state index contributed by atoms with van der Waals surface area (Å²) in [6.45, 7) is 2.05. The summed E-state index contributed by atoms with van der Waals surface area (Å²) < 4.78 is 0. The average Bonchev–Trinajstić information content (AvgIpc) is 3.03. The lowest BCUT2D eigenvalue weighted by atomic mass is 9.96. The minimum atomic E-state index is -0.237. The summed E-state index contributed by atoms with van der Waals surface area (Å²) in [5.41, 5.74) is 5.26. The van der Waals surface area contributed by atoms with Crippen LogP contribution in [0.4, 0.5) is 11.4 Å². The van der Waals surface area contributed by atoms with E-state index in [9.17, 15) is 9.59 Å². The minimum Gasteiger partial charge on any atom is -0.323 e. The fraction of sp³-hybridized carbons (Fsp3) is 0.111. The fourth-order valence-electron chi connectivity index (χ4n) is 4.10. The van der Waals surface area contributed by atoms with Crippen LogP contribution in [0.3, 0.4) is 0 Å². The van der Waals surface area contributed by atoms with Gasteiger partial charge in [0.05, 0.1) is 11.4 Å². The maximum atomic E-state index is 12.7. The maximum absolute atomic E-state index is 12.7. The number of hydrogen-bond donors (Lipinski definition) is 2. The number of benzene rings is 3. The Morgan fingerprint density at radius 3 is 2.59 bits per heavy atom. The van der Waals surface area contributed by atoms with Crippen molar-refractivity contribution in [1.82, 2.24) is 4.98 Å². The number of pyridine rings is 1. The summed E-state index contributed by atoms with van der Waals surface area (Å²) in [5, 5.41) is 7.96. The lowest BCUT2D eigenvalue weighted by Crippen LogP contribution is -2.16. The Bertz CT molecular complexity index is 1410. The highest BCUT2D eigenvalue weighted by Gasteiger charge is 2.20. The van der Waals surface area contributed by atoms with Crippen LogP contribution in [0.15, 0.2) is 84.0 Å². The van der Waals surface area contributed by atoms with Gasteiger partial charge in [-0.25, -0.2) is 0 Å². The number of aromatic nitrogens is 1. The zero-order valence-corrected chi connectivity index (χ0v) is 19.4. The highest BCUT2D eigenvalue weighted by atomic mass is 35.5. The molecule has 2 heterocycles. The Hall–Kier alpha value is -4.03. The SMILES string of the molecule is CCc1cccnc1C(=O)Nc1ccc(C2=NCC(=O)Nc3c2ccc2ccccc32)cc1.Cl. The van der Waals surface area contributed by atoms with Crippen molar-refractivity contribution in [2.75, 3.05) is 17.2 Å². The zero-order valence-electron chi connectivity index (χ0n) is 18.5. The molecule has 0 aliphatic carbocycles. The van der Waals surface area contributed by atoms with Crippen molar-refractivity contribution in [3.8, 4) is 0 Å². The molecule has 0 spiro atoms. The molecule has 2 N–H and O–H groups in total. The Morgan fingerprint density at radius 1 is 1.00 bits per heavy atom. The normalized spacial score (nSPS) is 12.6. The Labute approximate surface area is 203 Å². The smallest absolute Gasteiger partial charge is 0.274 e. The van der Waals surface area contributed by atoms with Crippen LogP contribution < -0.4 is 10.6 Å². The molecule has 1 aliphatic rings. The molecule has 0 unspecified atom stereocenters. The first-order valence-electron chi connectivity index (χ1n) is 10.9. The molecule has 0 fully saturated rings. The second-order valence-corrected chi connectivity index (χ2v) is 7.82. The van der Waals surface area contributed by atoms with Gasteiger partial charge in [-0.15, -0.1) is 12.4 Å². The quantitative estimate of drug-likeness (QED) is 0.426. The van der Waals surface area contributed by atoms with Gasteiger partial charge in [0.2, 0.25) is 5.91 Å².